The minimum atomic E-state index is -1.10. The number of nitrogens with one attached hydrogen (secondary N) is 1. The van der Waals surface area contributed by atoms with Gasteiger partial charge < -0.3 is 20.4 Å². The second-order valence-corrected chi connectivity index (χ2v) is 6.01. The number of benzene rings is 1. The van der Waals surface area contributed by atoms with Gasteiger partial charge in [0.15, 0.2) is 5.76 Å². The van der Waals surface area contributed by atoms with Crippen molar-refractivity contribution in [3.8, 4) is 0 Å². The van der Waals surface area contributed by atoms with E-state index in [1.165, 1.54) is 6.92 Å². The van der Waals surface area contributed by atoms with Crippen LogP contribution in [0.3, 0.4) is 0 Å². The van der Waals surface area contributed by atoms with E-state index in [4.69, 9.17) is 15.1 Å². The number of aliphatic hydroxyl groups is 1. The van der Waals surface area contributed by atoms with E-state index >= 15 is 0 Å². The molecule has 25 heavy (non-hydrogen) atoms. The van der Waals surface area contributed by atoms with Gasteiger partial charge in [-0.05, 0) is 26.2 Å². The minimum Gasteiger partial charge on any atom is -0.480 e. The number of carbonyl (C=O) groups is 2. The molecule has 7 nitrogen and oxygen atoms in total. The molecule has 0 fully saturated rings. The summed E-state index contributed by atoms with van der Waals surface area (Å²) in [5, 5.41) is 22.2. The number of carboxylic acids is 1. The largest absolute Gasteiger partial charge is 0.480 e. The number of carbonyl (C=O) groups excluding carboxylic acids is 1. The van der Waals surface area contributed by atoms with Crippen LogP contribution < -0.4 is 5.32 Å². The van der Waals surface area contributed by atoms with E-state index < -0.39 is 17.9 Å². The van der Waals surface area contributed by atoms with Gasteiger partial charge in [0, 0.05) is 19.2 Å². The van der Waals surface area contributed by atoms with E-state index in [2.05, 4.69) is 5.32 Å². The molecule has 1 aromatic rings. The Balaban J connectivity index is 2.34. The number of aliphatic hydroxyl groups excluding tert-OH is 1. The molecule has 136 valence electrons. The highest BCUT2D eigenvalue weighted by molar-refractivity contribution is 6.03. The van der Waals surface area contributed by atoms with Crippen LogP contribution in [-0.4, -0.2) is 52.9 Å². The van der Waals surface area contributed by atoms with Crippen molar-refractivity contribution in [3.63, 3.8) is 0 Å². The number of aliphatic carboxylic acids is 1. The Kier molecular flexibility index (Phi) is 6.55. The standard InChI is InChI=1S/C18H24N2O5/c1-12(18(23)24)19-17(22)15-14(10-6-7-11-21)20(2)25-16(15)13-8-4-3-5-9-13/h3-5,8-9,12,14,21H,6-7,10-11H2,1-2H3,(H,19,22)(H,23,24)/t12-,14?/m0/s1. The van der Waals surface area contributed by atoms with Gasteiger partial charge in [0.25, 0.3) is 5.91 Å². The van der Waals surface area contributed by atoms with Crippen LogP contribution in [0.2, 0.25) is 0 Å². The zero-order chi connectivity index (χ0) is 18.4. The van der Waals surface area contributed by atoms with E-state index in [1.807, 2.05) is 30.3 Å². The second-order valence-electron chi connectivity index (χ2n) is 6.01. The Morgan fingerprint density at radius 1 is 1.28 bits per heavy atom. The van der Waals surface area contributed by atoms with Crippen LogP contribution in [-0.2, 0) is 14.4 Å². The number of hydrogen-bond donors (Lipinski definition) is 3. The van der Waals surface area contributed by atoms with Gasteiger partial charge in [-0.1, -0.05) is 30.3 Å². The molecule has 1 aromatic carbocycles. The van der Waals surface area contributed by atoms with Crippen molar-refractivity contribution < 1.29 is 24.6 Å². The SMILES string of the molecule is C[C@H](NC(=O)C1=C(c2ccccc2)ON(C)C1CCCCO)C(=O)O. The van der Waals surface area contributed by atoms with Crippen LogP contribution in [0.1, 0.15) is 31.7 Å². The van der Waals surface area contributed by atoms with E-state index in [0.29, 0.717) is 24.2 Å². The first-order valence-corrected chi connectivity index (χ1v) is 8.30. The van der Waals surface area contributed by atoms with E-state index in [-0.39, 0.29) is 12.6 Å². The number of unbranched alkanes of at least 4 members (excludes halogenated alkanes) is 1. The van der Waals surface area contributed by atoms with Crippen molar-refractivity contribution in [1.29, 1.82) is 0 Å². The molecular formula is C18H24N2O5. The molecule has 2 atom stereocenters. The lowest BCUT2D eigenvalue weighted by Gasteiger charge is -2.20. The summed E-state index contributed by atoms with van der Waals surface area (Å²) in [6, 6.07) is 7.94. The van der Waals surface area contributed by atoms with Crippen LogP contribution >= 0.6 is 0 Å². The lowest BCUT2D eigenvalue weighted by molar-refractivity contribution is -0.140. The molecule has 1 heterocycles. The van der Waals surface area contributed by atoms with Crippen molar-refractivity contribution in [2.75, 3.05) is 13.7 Å². The summed E-state index contributed by atoms with van der Waals surface area (Å²) < 4.78 is 0. The van der Waals surface area contributed by atoms with E-state index in [9.17, 15) is 9.59 Å². The summed E-state index contributed by atoms with van der Waals surface area (Å²) in [4.78, 5) is 29.6. The number of rotatable bonds is 8. The Bertz CT molecular complexity index is 644. The Morgan fingerprint density at radius 3 is 2.56 bits per heavy atom. The van der Waals surface area contributed by atoms with Gasteiger partial charge in [0.1, 0.15) is 6.04 Å². The maximum Gasteiger partial charge on any atom is 0.325 e. The topological polar surface area (TPSA) is 99.1 Å². The highest BCUT2D eigenvalue weighted by atomic mass is 16.7. The van der Waals surface area contributed by atoms with Crippen LogP contribution in [0, 0.1) is 0 Å². The number of carboxylic acid groups (broad SMARTS) is 1. The molecule has 2 rings (SSSR count). The summed E-state index contributed by atoms with van der Waals surface area (Å²) in [5.41, 5.74) is 1.17. The fraction of sp³-hybridized carbons (Fsp3) is 0.444. The van der Waals surface area contributed by atoms with Gasteiger partial charge in [0.2, 0.25) is 0 Å². The van der Waals surface area contributed by atoms with Crippen LogP contribution in [0.25, 0.3) is 5.76 Å². The molecule has 0 aromatic heterocycles. The first-order valence-electron chi connectivity index (χ1n) is 8.30. The molecule has 3 N–H and O–H groups in total. The molecule has 7 heteroatoms. The molecule has 1 aliphatic heterocycles. The third-order valence-corrected chi connectivity index (χ3v) is 4.14. The quantitative estimate of drug-likeness (QED) is 0.614. The van der Waals surface area contributed by atoms with Crippen molar-refractivity contribution in [3.05, 3.63) is 41.5 Å². The molecule has 0 aliphatic carbocycles. The summed E-state index contributed by atoms with van der Waals surface area (Å²) in [6.07, 6.45) is 1.98. The van der Waals surface area contributed by atoms with Gasteiger partial charge in [0.05, 0.1) is 11.6 Å². The third kappa shape index (κ3) is 4.58. The number of hydrogen-bond acceptors (Lipinski definition) is 5. The number of nitrogens with zero attached hydrogens (tertiary/aromatic N) is 1. The first-order chi connectivity index (χ1) is 12.0. The van der Waals surface area contributed by atoms with Crippen LogP contribution in [0.5, 0.6) is 0 Å². The fourth-order valence-corrected chi connectivity index (χ4v) is 2.75. The summed E-state index contributed by atoms with van der Waals surface area (Å²) in [7, 11) is 1.74. The molecule has 1 aliphatic rings. The van der Waals surface area contributed by atoms with E-state index in [0.717, 1.165) is 12.0 Å². The fourth-order valence-electron chi connectivity index (χ4n) is 2.75. The van der Waals surface area contributed by atoms with Crippen molar-refractivity contribution in [2.24, 2.45) is 0 Å². The predicted molar refractivity (Wildman–Crippen MR) is 92.2 cm³/mol. The highest BCUT2D eigenvalue weighted by Crippen LogP contribution is 2.34. The molecular weight excluding hydrogens is 324 g/mol. The van der Waals surface area contributed by atoms with Gasteiger partial charge in [-0.3, -0.25) is 9.59 Å². The molecule has 0 spiro atoms. The molecule has 1 amide bonds. The van der Waals surface area contributed by atoms with Crippen LogP contribution in [0.15, 0.2) is 35.9 Å². The summed E-state index contributed by atoms with van der Waals surface area (Å²) in [6.45, 7) is 1.51. The van der Waals surface area contributed by atoms with Crippen molar-refractivity contribution >= 4 is 17.6 Å². The van der Waals surface area contributed by atoms with E-state index in [1.54, 1.807) is 12.1 Å². The number of amides is 1. The third-order valence-electron chi connectivity index (χ3n) is 4.14. The molecule has 0 saturated heterocycles. The highest BCUT2D eigenvalue weighted by Gasteiger charge is 2.38. The maximum absolute atomic E-state index is 12.7. The lowest BCUT2D eigenvalue weighted by Crippen LogP contribution is -2.42. The average molecular weight is 348 g/mol. The summed E-state index contributed by atoms with van der Waals surface area (Å²) >= 11 is 0. The van der Waals surface area contributed by atoms with Crippen molar-refractivity contribution in [1.82, 2.24) is 10.4 Å². The minimum absolute atomic E-state index is 0.0874. The van der Waals surface area contributed by atoms with Crippen molar-refractivity contribution in [2.45, 2.75) is 38.3 Å². The van der Waals surface area contributed by atoms with Gasteiger partial charge >= 0.3 is 5.97 Å². The lowest BCUT2D eigenvalue weighted by atomic mass is 9.97. The second kappa shape index (κ2) is 8.64. The smallest absolute Gasteiger partial charge is 0.325 e. The Morgan fingerprint density at radius 2 is 1.96 bits per heavy atom. The number of likely N-dealkylation sites (N-methyl/N-ethyl adjacent to an activating group) is 1. The molecule has 0 radical (unpaired) electrons. The zero-order valence-electron chi connectivity index (χ0n) is 14.4. The molecule has 1 unspecified atom stereocenters. The molecule has 0 bridgehead atoms. The van der Waals surface area contributed by atoms with Gasteiger partial charge in [-0.15, -0.1) is 5.06 Å². The first kappa shape index (κ1) is 19.0. The van der Waals surface area contributed by atoms with Gasteiger partial charge in [-0.25, -0.2) is 0 Å². The Labute approximate surface area is 146 Å². The zero-order valence-corrected chi connectivity index (χ0v) is 14.4. The van der Waals surface area contributed by atoms with Crippen LogP contribution in [0.4, 0.5) is 0 Å². The normalized spacial score (nSPS) is 18.8. The monoisotopic (exact) mass is 348 g/mol. The maximum atomic E-state index is 12.7. The predicted octanol–water partition coefficient (Wildman–Crippen LogP) is 1.40. The Hall–Kier alpha value is -2.38. The van der Waals surface area contributed by atoms with Gasteiger partial charge in [-0.2, -0.15) is 0 Å². The average Bonchev–Trinajstić information content (AvgIpc) is 2.92. The number of hydroxylamine groups is 2. The molecule has 0 saturated carbocycles. The summed E-state index contributed by atoms with van der Waals surface area (Å²) in [5.74, 6) is -1.11.